The van der Waals surface area contributed by atoms with Gasteiger partial charge in [-0.1, -0.05) is 55.4 Å². The first-order chi connectivity index (χ1) is 15.7. The van der Waals surface area contributed by atoms with E-state index < -0.39 is 0 Å². The van der Waals surface area contributed by atoms with Crippen molar-refractivity contribution in [3.8, 4) is 11.6 Å². The highest BCUT2D eigenvalue weighted by molar-refractivity contribution is 14.0. The fourth-order valence-electron chi connectivity index (χ4n) is 3.53. The predicted molar refractivity (Wildman–Crippen MR) is 143 cm³/mol. The lowest BCUT2D eigenvalue weighted by Gasteiger charge is -2.29. The molecule has 1 unspecified atom stereocenters. The van der Waals surface area contributed by atoms with Crippen LogP contribution in [0.3, 0.4) is 0 Å². The summed E-state index contributed by atoms with van der Waals surface area (Å²) in [6.45, 7) is 10.5. The number of benzene rings is 1. The van der Waals surface area contributed by atoms with Crippen LogP contribution in [0.5, 0.6) is 0 Å². The minimum atomic E-state index is 0. The molecule has 3 aromatic rings. The average Bonchev–Trinajstić information content (AvgIpc) is 3.32. The van der Waals surface area contributed by atoms with E-state index in [4.69, 9.17) is 9.52 Å². The van der Waals surface area contributed by atoms with Crippen LogP contribution in [0.25, 0.3) is 11.6 Å². The van der Waals surface area contributed by atoms with E-state index in [9.17, 15) is 0 Å². The summed E-state index contributed by atoms with van der Waals surface area (Å²) in [5, 5.41) is 10.8. The molecule has 0 aliphatic heterocycles. The summed E-state index contributed by atoms with van der Waals surface area (Å²) in [6, 6.07) is 16.4. The second-order valence-corrected chi connectivity index (χ2v) is 7.27. The lowest BCUT2D eigenvalue weighted by Crippen LogP contribution is -2.39. The molecule has 0 bridgehead atoms. The second kappa shape index (κ2) is 14.6. The smallest absolute Gasteiger partial charge is 0.276 e. The molecular formula is C24H34IN7O. The second-order valence-electron chi connectivity index (χ2n) is 7.27. The topological polar surface area (TPSA) is 91.5 Å². The van der Waals surface area contributed by atoms with Gasteiger partial charge in [0.25, 0.3) is 5.89 Å². The zero-order valence-corrected chi connectivity index (χ0v) is 21.9. The fourth-order valence-corrected chi connectivity index (χ4v) is 3.53. The molecule has 8 nitrogen and oxygen atoms in total. The quantitative estimate of drug-likeness (QED) is 0.208. The molecule has 33 heavy (non-hydrogen) atoms. The van der Waals surface area contributed by atoms with Crippen molar-refractivity contribution in [2.45, 2.75) is 33.2 Å². The summed E-state index contributed by atoms with van der Waals surface area (Å²) >= 11 is 0. The Hall–Kier alpha value is -2.53. The molecule has 0 saturated heterocycles. The maximum Gasteiger partial charge on any atom is 0.276 e. The number of rotatable bonds is 11. The van der Waals surface area contributed by atoms with Crippen LogP contribution in [0.1, 0.15) is 38.2 Å². The van der Waals surface area contributed by atoms with Crippen molar-refractivity contribution >= 4 is 29.9 Å². The van der Waals surface area contributed by atoms with E-state index in [0.717, 1.165) is 25.6 Å². The molecule has 2 N–H and O–H groups in total. The van der Waals surface area contributed by atoms with Crippen molar-refractivity contribution in [3.63, 3.8) is 0 Å². The van der Waals surface area contributed by atoms with Gasteiger partial charge in [0.1, 0.15) is 5.69 Å². The van der Waals surface area contributed by atoms with Crippen LogP contribution >= 0.6 is 24.0 Å². The molecule has 2 aromatic heterocycles. The summed E-state index contributed by atoms with van der Waals surface area (Å²) < 4.78 is 5.33. The van der Waals surface area contributed by atoms with E-state index >= 15 is 0 Å². The monoisotopic (exact) mass is 563 g/mol. The molecule has 0 radical (unpaired) electrons. The van der Waals surface area contributed by atoms with E-state index in [-0.39, 0.29) is 30.0 Å². The Bertz CT molecular complexity index is 946. The van der Waals surface area contributed by atoms with Gasteiger partial charge in [-0.3, -0.25) is 14.9 Å². The molecule has 9 heteroatoms. The number of aliphatic imine (C=N–C) groups is 1. The molecule has 3 rings (SSSR count). The Labute approximate surface area is 213 Å². The Morgan fingerprint density at radius 1 is 1.03 bits per heavy atom. The van der Waals surface area contributed by atoms with Crippen LogP contribution in [0, 0.1) is 0 Å². The SMILES string of the molecule is CCNC(=NCC(c1ccccc1)N(CC)CC)NCCc1noc(-c2ccccn2)n1.I. The third-order valence-electron chi connectivity index (χ3n) is 5.20. The Morgan fingerprint density at radius 3 is 2.45 bits per heavy atom. The van der Waals surface area contributed by atoms with Crippen LogP contribution in [-0.2, 0) is 6.42 Å². The van der Waals surface area contributed by atoms with Gasteiger partial charge in [0.05, 0.1) is 12.6 Å². The average molecular weight is 563 g/mol. The van der Waals surface area contributed by atoms with Gasteiger partial charge in [-0.15, -0.1) is 24.0 Å². The van der Waals surface area contributed by atoms with E-state index in [1.165, 1.54) is 5.56 Å². The van der Waals surface area contributed by atoms with Crippen molar-refractivity contribution in [3.05, 3.63) is 66.1 Å². The van der Waals surface area contributed by atoms with E-state index in [1.54, 1.807) is 6.20 Å². The Balaban J connectivity index is 0.00000385. The maximum atomic E-state index is 5.33. The van der Waals surface area contributed by atoms with Crippen molar-refractivity contribution in [2.24, 2.45) is 4.99 Å². The van der Waals surface area contributed by atoms with Gasteiger partial charge < -0.3 is 15.2 Å². The van der Waals surface area contributed by atoms with Crippen molar-refractivity contribution in [1.82, 2.24) is 30.7 Å². The number of hydrogen-bond acceptors (Lipinski definition) is 6. The molecule has 0 aliphatic carbocycles. The highest BCUT2D eigenvalue weighted by atomic mass is 127. The number of guanidine groups is 1. The van der Waals surface area contributed by atoms with Gasteiger partial charge in [-0.2, -0.15) is 4.98 Å². The van der Waals surface area contributed by atoms with E-state index in [2.05, 4.69) is 81.8 Å². The number of likely N-dealkylation sites (N-methyl/N-ethyl adjacent to an activating group) is 1. The lowest BCUT2D eigenvalue weighted by molar-refractivity contribution is 0.224. The van der Waals surface area contributed by atoms with Gasteiger partial charge in [0.15, 0.2) is 11.8 Å². The molecular weight excluding hydrogens is 529 g/mol. The fraction of sp³-hybridized carbons (Fsp3) is 0.417. The van der Waals surface area contributed by atoms with Crippen molar-refractivity contribution in [2.75, 3.05) is 32.7 Å². The van der Waals surface area contributed by atoms with Gasteiger partial charge in [-0.05, 0) is 37.7 Å². The molecule has 1 aromatic carbocycles. The van der Waals surface area contributed by atoms with Crippen molar-refractivity contribution in [1.29, 1.82) is 0 Å². The van der Waals surface area contributed by atoms with E-state index in [1.807, 2.05) is 18.2 Å². The standard InChI is InChI=1S/C24H33N7O.HI/c1-4-25-24(28-18-21(31(5-2)6-3)19-12-8-7-9-13-19)27-17-15-22-29-23(32-30-22)20-14-10-11-16-26-20;/h7-14,16,21H,4-6,15,17-18H2,1-3H3,(H2,25,27,28);1H. The number of aromatic nitrogens is 3. The van der Waals surface area contributed by atoms with Crippen molar-refractivity contribution < 1.29 is 4.52 Å². The molecule has 2 heterocycles. The predicted octanol–water partition coefficient (Wildman–Crippen LogP) is 3.93. The third kappa shape index (κ3) is 8.08. The van der Waals surface area contributed by atoms with Crippen LogP contribution < -0.4 is 10.6 Å². The van der Waals surface area contributed by atoms with E-state index in [0.29, 0.717) is 36.9 Å². The highest BCUT2D eigenvalue weighted by Crippen LogP contribution is 2.20. The zero-order valence-electron chi connectivity index (χ0n) is 19.6. The Morgan fingerprint density at radius 2 is 1.79 bits per heavy atom. The van der Waals surface area contributed by atoms with Gasteiger partial charge in [-0.25, -0.2) is 0 Å². The number of halogens is 1. The minimum Gasteiger partial charge on any atom is -0.357 e. The summed E-state index contributed by atoms with van der Waals surface area (Å²) in [6.07, 6.45) is 2.33. The molecule has 0 amide bonds. The third-order valence-corrected chi connectivity index (χ3v) is 5.20. The first-order valence-electron chi connectivity index (χ1n) is 11.3. The first kappa shape index (κ1) is 26.7. The molecule has 1 atom stereocenters. The van der Waals surface area contributed by atoms with Crippen LogP contribution in [-0.4, -0.2) is 58.7 Å². The van der Waals surface area contributed by atoms with Crippen LogP contribution in [0.4, 0.5) is 0 Å². The first-order valence-corrected chi connectivity index (χ1v) is 11.3. The molecule has 0 aliphatic rings. The lowest BCUT2D eigenvalue weighted by atomic mass is 10.1. The molecule has 0 fully saturated rings. The Kier molecular flexibility index (Phi) is 11.8. The molecule has 0 spiro atoms. The van der Waals surface area contributed by atoms with Crippen LogP contribution in [0.15, 0.2) is 64.2 Å². The number of pyridine rings is 1. The van der Waals surface area contributed by atoms with Crippen LogP contribution in [0.2, 0.25) is 0 Å². The molecule has 178 valence electrons. The normalized spacial score (nSPS) is 12.3. The number of nitrogens with zero attached hydrogens (tertiary/aromatic N) is 5. The number of hydrogen-bond donors (Lipinski definition) is 2. The minimum absolute atomic E-state index is 0. The zero-order chi connectivity index (χ0) is 22.6. The maximum absolute atomic E-state index is 5.33. The highest BCUT2D eigenvalue weighted by Gasteiger charge is 2.17. The van der Waals surface area contributed by atoms with Gasteiger partial charge in [0.2, 0.25) is 0 Å². The summed E-state index contributed by atoms with van der Waals surface area (Å²) in [7, 11) is 0. The van der Waals surface area contributed by atoms with Gasteiger partial charge in [0, 0.05) is 25.7 Å². The summed E-state index contributed by atoms with van der Waals surface area (Å²) in [5.41, 5.74) is 1.96. The number of nitrogens with one attached hydrogen (secondary N) is 2. The summed E-state index contributed by atoms with van der Waals surface area (Å²) in [5.74, 6) is 1.86. The largest absolute Gasteiger partial charge is 0.357 e. The van der Waals surface area contributed by atoms with Gasteiger partial charge >= 0.3 is 0 Å². The molecule has 0 saturated carbocycles. The summed E-state index contributed by atoms with van der Waals surface area (Å²) in [4.78, 5) is 16.0.